The number of carbonyl (C=O) groups is 1. The molecule has 1 aromatic rings. The fourth-order valence-electron chi connectivity index (χ4n) is 6.57. The average molecular weight is 425 g/mol. The molecule has 0 aromatic heterocycles. The van der Waals surface area contributed by atoms with Crippen LogP contribution in [0, 0.1) is 16.7 Å². The highest BCUT2D eigenvalue weighted by molar-refractivity contribution is 6.36. The minimum Gasteiger partial charge on any atom is -0.370 e. The number of aliphatic imine (C=N–C) groups is 1. The van der Waals surface area contributed by atoms with E-state index in [9.17, 15) is 4.79 Å². The van der Waals surface area contributed by atoms with Gasteiger partial charge in [0.25, 0.3) is 5.91 Å². The lowest BCUT2D eigenvalue weighted by Crippen LogP contribution is -2.62. The zero-order valence-electron chi connectivity index (χ0n) is 16.6. The molecule has 28 heavy (non-hydrogen) atoms. The predicted molar refractivity (Wildman–Crippen MR) is 115 cm³/mol. The number of nitrogens with zero attached hydrogens (tertiary/aromatic N) is 1. The van der Waals surface area contributed by atoms with Crippen LogP contribution in [0.25, 0.3) is 0 Å². The van der Waals surface area contributed by atoms with Gasteiger partial charge in [0.2, 0.25) is 0 Å². The van der Waals surface area contributed by atoms with Crippen LogP contribution in [-0.4, -0.2) is 17.4 Å². The number of rotatable bonds is 2. The monoisotopic (exact) mass is 424 g/mol. The van der Waals surface area contributed by atoms with Crippen LogP contribution in [0.4, 0.5) is 0 Å². The quantitative estimate of drug-likeness (QED) is 0.491. The summed E-state index contributed by atoms with van der Waals surface area (Å²) < 4.78 is 0. The van der Waals surface area contributed by atoms with Crippen LogP contribution in [0.2, 0.25) is 10.0 Å². The Bertz CT molecular complexity index is 735. The van der Waals surface area contributed by atoms with E-state index in [0.29, 0.717) is 26.4 Å². The molecule has 0 spiro atoms. The predicted octanol–water partition coefficient (Wildman–Crippen LogP) is 4.03. The Morgan fingerprint density at radius 2 is 1.61 bits per heavy atom. The Labute approximate surface area is 177 Å². The number of benzene rings is 1. The first-order valence-corrected chi connectivity index (χ1v) is 10.5. The number of nitrogens with two attached hydrogens (primary N) is 3. The van der Waals surface area contributed by atoms with Crippen molar-refractivity contribution in [2.24, 2.45) is 38.9 Å². The first-order chi connectivity index (χ1) is 12.9. The fraction of sp³-hybridized carbons (Fsp3) is 0.619. The van der Waals surface area contributed by atoms with Gasteiger partial charge < -0.3 is 17.2 Å². The smallest absolute Gasteiger partial charge is 0.253 e. The van der Waals surface area contributed by atoms with E-state index in [1.54, 1.807) is 18.2 Å². The molecule has 4 aliphatic carbocycles. The second-order valence-electron chi connectivity index (χ2n) is 9.80. The summed E-state index contributed by atoms with van der Waals surface area (Å²) in [5.41, 5.74) is 18.6. The van der Waals surface area contributed by atoms with Crippen molar-refractivity contribution in [1.29, 1.82) is 0 Å². The maximum atomic E-state index is 11.3. The second-order valence-corrected chi connectivity index (χ2v) is 10.6. The summed E-state index contributed by atoms with van der Waals surface area (Å²) >= 11 is 11.7. The minimum atomic E-state index is -0.481. The molecule has 1 amide bonds. The number of amides is 1. The lowest BCUT2D eigenvalue weighted by atomic mass is 9.43. The average Bonchev–Trinajstić information content (AvgIpc) is 2.46. The van der Waals surface area contributed by atoms with Gasteiger partial charge in [-0.1, -0.05) is 43.1 Å². The molecule has 4 saturated carbocycles. The molecule has 5 rings (SSSR count). The van der Waals surface area contributed by atoms with Crippen LogP contribution in [0.3, 0.4) is 0 Å². The van der Waals surface area contributed by atoms with Crippen LogP contribution < -0.4 is 17.2 Å². The Hall–Kier alpha value is -1.30. The molecule has 6 N–H and O–H groups in total. The Balaban J connectivity index is 0.000000162. The Kier molecular flexibility index (Phi) is 5.74. The van der Waals surface area contributed by atoms with Crippen molar-refractivity contribution in [3.05, 3.63) is 33.8 Å². The van der Waals surface area contributed by atoms with Gasteiger partial charge in [-0.15, -0.1) is 0 Å². The highest BCUT2D eigenvalue weighted by Gasteiger charge is 2.58. The number of guanidine groups is 1. The summed E-state index contributed by atoms with van der Waals surface area (Å²) in [6, 6.07) is 4.98. The van der Waals surface area contributed by atoms with Gasteiger partial charge in [0.05, 0.1) is 6.42 Å². The summed E-state index contributed by atoms with van der Waals surface area (Å²) in [6.45, 7) is 4.94. The van der Waals surface area contributed by atoms with E-state index in [4.69, 9.17) is 40.4 Å². The van der Waals surface area contributed by atoms with Crippen molar-refractivity contribution < 1.29 is 4.79 Å². The van der Waals surface area contributed by atoms with Gasteiger partial charge in [-0.05, 0) is 73.0 Å². The van der Waals surface area contributed by atoms with Crippen molar-refractivity contribution >= 4 is 35.1 Å². The number of hydrogen-bond donors (Lipinski definition) is 3. The van der Waals surface area contributed by atoms with Crippen LogP contribution >= 0.6 is 23.2 Å². The van der Waals surface area contributed by atoms with Crippen molar-refractivity contribution in [3.63, 3.8) is 0 Å². The van der Waals surface area contributed by atoms with E-state index in [0.717, 1.165) is 5.92 Å². The van der Waals surface area contributed by atoms with Crippen LogP contribution in [0.15, 0.2) is 23.2 Å². The molecule has 0 radical (unpaired) electrons. The van der Waals surface area contributed by atoms with E-state index in [1.807, 2.05) is 0 Å². The zero-order valence-corrected chi connectivity index (χ0v) is 18.1. The van der Waals surface area contributed by atoms with Crippen molar-refractivity contribution in [2.75, 3.05) is 0 Å². The summed E-state index contributed by atoms with van der Waals surface area (Å²) in [6.07, 6.45) is 8.26. The lowest BCUT2D eigenvalue weighted by Gasteiger charge is -2.64. The molecule has 4 aliphatic rings. The van der Waals surface area contributed by atoms with Gasteiger partial charge in [0, 0.05) is 15.6 Å². The second kappa shape index (κ2) is 7.51. The van der Waals surface area contributed by atoms with Gasteiger partial charge >= 0.3 is 0 Å². The molecule has 0 aliphatic heterocycles. The molecule has 154 valence electrons. The molecule has 7 heteroatoms. The van der Waals surface area contributed by atoms with Gasteiger partial charge in [-0.2, -0.15) is 4.99 Å². The lowest BCUT2D eigenvalue weighted by molar-refractivity contribution is -0.117. The molecular weight excluding hydrogens is 395 g/mol. The SMILES string of the molecule is C[C@]12CC3CC(N)(C1)C[C@@](C)(C3)C2.NC(N)=NC(=O)Cc1c(Cl)cccc1Cl. The Morgan fingerprint density at radius 3 is 2.04 bits per heavy atom. The molecule has 0 heterocycles. The molecule has 0 saturated heterocycles. The number of halogens is 2. The van der Waals surface area contributed by atoms with Crippen molar-refractivity contribution in [3.8, 4) is 0 Å². The number of carbonyl (C=O) groups excluding carboxylic acids is 1. The summed E-state index contributed by atoms with van der Waals surface area (Å²) in [5, 5.41) is 0.836. The normalized spacial score (nSPS) is 35.1. The van der Waals surface area contributed by atoms with E-state index in [1.165, 1.54) is 38.5 Å². The van der Waals surface area contributed by atoms with E-state index >= 15 is 0 Å². The van der Waals surface area contributed by atoms with E-state index < -0.39 is 5.91 Å². The molecule has 5 nitrogen and oxygen atoms in total. The highest BCUT2D eigenvalue weighted by atomic mass is 35.5. The van der Waals surface area contributed by atoms with Crippen LogP contribution in [0.5, 0.6) is 0 Å². The topological polar surface area (TPSA) is 107 Å². The Morgan fingerprint density at radius 1 is 1.07 bits per heavy atom. The largest absolute Gasteiger partial charge is 0.370 e. The van der Waals surface area contributed by atoms with Gasteiger partial charge in [-0.3, -0.25) is 4.79 Å². The summed E-state index contributed by atoms with van der Waals surface area (Å²) in [4.78, 5) is 14.6. The summed E-state index contributed by atoms with van der Waals surface area (Å²) in [5.74, 6) is 0.199. The third-order valence-electron chi connectivity index (χ3n) is 6.31. The maximum absolute atomic E-state index is 11.3. The highest BCUT2D eigenvalue weighted by Crippen LogP contribution is 2.65. The van der Waals surface area contributed by atoms with E-state index in [2.05, 4.69) is 18.8 Å². The van der Waals surface area contributed by atoms with Gasteiger partial charge in [-0.25, -0.2) is 0 Å². The standard InChI is InChI=1S/C12H21N.C9H9Cl2N3O/c1-10-3-9-4-11(2,6-10)8-12(13,5-9)7-10;10-6-2-1-3-7(11)5(6)4-8(15)14-9(12)13/h9H,3-8,13H2,1-2H3;1-3H,4H2,(H4,12,13,14,15)/t9?,10-,11+,12?;. The minimum absolute atomic E-state index is 0.0175. The maximum Gasteiger partial charge on any atom is 0.253 e. The third-order valence-corrected chi connectivity index (χ3v) is 7.02. The molecule has 4 bridgehead atoms. The van der Waals surface area contributed by atoms with E-state index in [-0.39, 0.29) is 17.9 Å². The first kappa shape index (κ1) is 21.4. The zero-order chi connectivity index (χ0) is 20.7. The molecule has 4 fully saturated rings. The molecule has 1 aromatic carbocycles. The third kappa shape index (κ3) is 4.81. The molecular formula is C21H30Cl2N4O. The summed E-state index contributed by atoms with van der Waals surface area (Å²) in [7, 11) is 0. The van der Waals surface area contributed by atoms with Crippen LogP contribution in [0.1, 0.15) is 57.9 Å². The fourth-order valence-corrected chi connectivity index (χ4v) is 7.10. The van der Waals surface area contributed by atoms with Crippen LogP contribution in [-0.2, 0) is 11.2 Å². The first-order valence-electron chi connectivity index (χ1n) is 9.75. The van der Waals surface area contributed by atoms with Crippen molar-refractivity contribution in [2.45, 2.75) is 64.3 Å². The van der Waals surface area contributed by atoms with Crippen molar-refractivity contribution in [1.82, 2.24) is 0 Å². The molecule has 4 atom stereocenters. The number of hydrogen-bond acceptors (Lipinski definition) is 2. The van der Waals surface area contributed by atoms with Gasteiger partial charge in [0.1, 0.15) is 0 Å². The molecule has 2 unspecified atom stereocenters. The van der Waals surface area contributed by atoms with Gasteiger partial charge in [0.15, 0.2) is 5.96 Å².